The van der Waals surface area contributed by atoms with Crippen molar-refractivity contribution in [2.75, 3.05) is 11.5 Å². The molecule has 1 N–H and O–H groups in total. The molecule has 20 heavy (non-hydrogen) atoms. The van der Waals surface area contributed by atoms with E-state index in [-0.39, 0.29) is 0 Å². The molecule has 0 spiro atoms. The first-order valence-electron chi connectivity index (χ1n) is 5.97. The molecule has 1 aromatic carbocycles. The molecular weight excluding hydrogens is 337 g/mol. The summed E-state index contributed by atoms with van der Waals surface area (Å²) < 4.78 is 12.2. The van der Waals surface area contributed by atoms with Gasteiger partial charge in [-0.2, -0.15) is 0 Å². The summed E-state index contributed by atoms with van der Waals surface area (Å²) in [6.45, 7) is 2.01. The van der Waals surface area contributed by atoms with Crippen molar-refractivity contribution in [1.29, 1.82) is 0 Å². The Morgan fingerprint density at radius 3 is 2.90 bits per heavy atom. The van der Waals surface area contributed by atoms with Gasteiger partial charge in [0, 0.05) is 22.9 Å². The van der Waals surface area contributed by atoms with E-state index in [1.807, 2.05) is 6.92 Å². The first-order chi connectivity index (χ1) is 9.60. The lowest BCUT2D eigenvalue weighted by molar-refractivity contribution is 0.684. The zero-order valence-corrected chi connectivity index (χ0v) is 13.9. The highest BCUT2D eigenvalue weighted by molar-refractivity contribution is 8.00. The highest BCUT2D eigenvalue weighted by Gasteiger charge is 2.10. The summed E-state index contributed by atoms with van der Waals surface area (Å²) >= 11 is 13.4. The van der Waals surface area contributed by atoms with Crippen molar-refractivity contribution in [3.63, 3.8) is 0 Å². The predicted molar refractivity (Wildman–Crippen MR) is 84.2 cm³/mol. The lowest BCUT2D eigenvalue weighted by Crippen LogP contribution is -2.01. The fourth-order valence-corrected chi connectivity index (χ4v) is 4.25. The van der Waals surface area contributed by atoms with Gasteiger partial charge in [-0.05, 0) is 18.2 Å². The van der Waals surface area contributed by atoms with Crippen molar-refractivity contribution in [1.82, 2.24) is 15.2 Å². The number of benzene rings is 1. The first kappa shape index (κ1) is 15.8. The predicted octanol–water partition coefficient (Wildman–Crippen LogP) is 3.57. The zero-order chi connectivity index (χ0) is 14.5. The Morgan fingerprint density at radius 1 is 1.40 bits per heavy atom. The molecule has 0 bridgehead atoms. The molecule has 0 amide bonds. The SMILES string of the molecule is CCc1nc(SCC[S@](=O)c2cc(Cl)ccc2Cl)n[nH]1. The third-order valence-corrected chi connectivity index (χ3v) is 5.67. The van der Waals surface area contributed by atoms with Gasteiger partial charge in [0.15, 0.2) is 0 Å². The number of aryl methyl sites for hydroxylation is 1. The van der Waals surface area contributed by atoms with Crippen molar-refractivity contribution in [3.05, 3.63) is 34.1 Å². The molecule has 0 radical (unpaired) electrons. The van der Waals surface area contributed by atoms with Gasteiger partial charge in [0.1, 0.15) is 5.82 Å². The molecule has 0 unspecified atom stereocenters. The fourth-order valence-electron chi connectivity index (χ4n) is 1.47. The van der Waals surface area contributed by atoms with Crippen molar-refractivity contribution in [3.8, 4) is 0 Å². The number of rotatable bonds is 6. The van der Waals surface area contributed by atoms with Gasteiger partial charge in [-0.3, -0.25) is 9.31 Å². The number of nitrogens with zero attached hydrogens (tertiary/aromatic N) is 2. The van der Waals surface area contributed by atoms with Gasteiger partial charge >= 0.3 is 0 Å². The van der Waals surface area contributed by atoms with Crippen LogP contribution in [0.2, 0.25) is 10.0 Å². The molecule has 0 saturated heterocycles. The molecule has 0 aliphatic carbocycles. The zero-order valence-electron chi connectivity index (χ0n) is 10.7. The maximum Gasteiger partial charge on any atom is 0.208 e. The van der Waals surface area contributed by atoms with Crippen molar-refractivity contribution >= 4 is 45.8 Å². The quantitative estimate of drug-likeness (QED) is 0.809. The summed E-state index contributed by atoms with van der Waals surface area (Å²) in [5.74, 6) is 1.98. The van der Waals surface area contributed by atoms with Crippen LogP contribution in [0, 0.1) is 0 Å². The van der Waals surface area contributed by atoms with E-state index in [1.165, 1.54) is 11.8 Å². The van der Waals surface area contributed by atoms with Crippen molar-refractivity contribution in [2.24, 2.45) is 0 Å². The second-order valence-electron chi connectivity index (χ2n) is 3.89. The summed E-state index contributed by atoms with van der Waals surface area (Å²) in [7, 11) is -1.18. The van der Waals surface area contributed by atoms with Crippen LogP contribution in [-0.2, 0) is 17.2 Å². The Kier molecular flexibility index (Phi) is 5.89. The Bertz CT molecular complexity index is 618. The van der Waals surface area contributed by atoms with E-state index in [4.69, 9.17) is 23.2 Å². The lowest BCUT2D eigenvalue weighted by Gasteiger charge is -2.04. The summed E-state index contributed by atoms with van der Waals surface area (Å²) in [5, 5.41) is 8.60. The number of halogens is 2. The number of aromatic nitrogens is 3. The number of hydrogen-bond acceptors (Lipinski definition) is 4. The number of thioether (sulfide) groups is 1. The average Bonchev–Trinajstić information content (AvgIpc) is 2.89. The smallest absolute Gasteiger partial charge is 0.208 e. The van der Waals surface area contributed by atoms with Crippen LogP contribution in [0.1, 0.15) is 12.7 Å². The van der Waals surface area contributed by atoms with E-state index < -0.39 is 10.8 Å². The topological polar surface area (TPSA) is 58.6 Å². The summed E-state index contributed by atoms with van der Waals surface area (Å²) in [4.78, 5) is 4.85. The van der Waals surface area contributed by atoms with E-state index in [9.17, 15) is 4.21 Å². The lowest BCUT2D eigenvalue weighted by atomic mass is 10.4. The summed E-state index contributed by atoms with van der Waals surface area (Å²) in [6, 6.07) is 4.99. The maximum atomic E-state index is 12.2. The molecule has 2 rings (SSSR count). The molecule has 0 fully saturated rings. The van der Waals surface area contributed by atoms with E-state index >= 15 is 0 Å². The second-order valence-corrected chi connectivity index (χ2v) is 7.34. The van der Waals surface area contributed by atoms with Gasteiger partial charge < -0.3 is 0 Å². The third-order valence-electron chi connectivity index (χ3n) is 2.48. The van der Waals surface area contributed by atoms with Gasteiger partial charge in [-0.15, -0.1) is 5.10 Å². The van der Waals surface area contributed by atoms with Gasteiger partial charge in [0.2, 0.25) is 5.16 Å². The average molecular weight is 350 g/mol. The highest BCUT2D eigenvalue weighted by atomic mass is 35.5. The molecule has 4 nitrogen and oxygen atoms in total. The van der Waals surface area contributed by atoms with Crippen molar-refractivity contribution in [2.45, 2.75) is 23.4 Å². The molecule has 2 aromatic rings. The molecule has 1 atom stereocenters. The Labute approximate surface area is 134 Å². The normalized spacial score (nSPS) is 12.6. The van der Waals surface area contributed by atoms with Crippen LogP contribution < -0.4 is 0 Å². The molecule has 0 aliphatic heterocycles. The first-order valence-corrected chi connectivity index (χ1v) is 9.03. The van der Waals surface area contributed by atoms with Gasteiger partial charge in [0.25, 0.3) is 0 Å². The van der Waals surface area contributed by atoms with E-state index in [0.29, 0.717) is 31.6 Å². The van der Waals surface area contributed by atoms with Gasteiger partial charge in [0.05, 0.1) is 20.7 Å². The summed E-state index contributed by atoms with van der Waals surface area (Å²) in [6.07, 6.45) is 0.817. The minimum absolute atomic E-state index is 0.473. The Balaban J connectivity index is 1.90. The van der Waals surface area contributed by atoms with Crippen LogP contribution in [0.25, 0.3) is 0 Å². The fraction of sp³-hybridized carbons (Fsp3) is 0.333. The molecule has 1 heterocycles. The van der Waals surface area contributed by atoms with Gasteiger partial charge in [-0.1, -0.05) is 41.9 Å². The van der Waals surface area contributed by atoms with Crippen LogP contribution in [0.4, 0.5) is 0 Å². The standard InChI is InChI=1S/C12H13Cl2N3OS2/c1-2-11-15-12(17-16-11)19-5-6-20(18)10-7-8(13)3-4-9(10)14/h3-4,7H,2,5-6H2,1H3,(H,15,16,17)/t20-/m0/s1. The van der Waals surface area contributed by atoms with E-state index in [1.54, 1.807) is 18.2 Å². The van der Waals surface area contributed by atoms with E-state index in [0.717, 1.165) is 12.2 Å². The minimum Gasteiger partial charge on any atom is -0.262 e. The van der Waals surface area contributed by atoms with Crippen LogP contribution in [-0.4, -0.2) is 30.9 Å². The number of H-pyrrole nitrogens is 1. The molecule has 1 aromatic heterocycles. The Morgan fingerprint density at radius 2 is 2.20 bits per heavy atom. The molecule has 0 saturated carbocycles. The number of aromatic amines is 1. The van der Waals surface area contributed by atoms with Gasteiger partial charge in [-0.25, -0.2) is 4.98 Å². The largest absolute Gasteiger partial charge is 0.262 e. The highest BCUT2D eigenvalue weighted by Crippen LogP contribution is 2.24. The maximum absolute atomic E-state index is 12.2. The molecule has 8 heteroatoms. The van der Waals surface area contributed by atoms with Crippen LogP contribution in [0.5, 0.6) is 0 Å². The van der Waals surface area contributed by atoms with Crippen LogP contribution in [0.15, 0.2) is 28.3 Å². The third kappa shape index (κ3) is 4.22. The van der Waals surface area contributed by atoms with Crippen LogP contribution in [0.3, 0.4) is 0 Å². The van der Waals surface area contributed by atoms with E-state index in [2.05, 4.69) is 15.2 Å². The Hall–Kier alpha value is -0.560. The van der Waals surface area contributed by atoms with Crippen LogP contribution >= 0.6 is 35.0 Å². The molecular formula is C12H13Cl2N3OS2. The molecule has 108 valence electrons. The van der Waals surface area contributed by atoms with Crippen molar-refractivity contribution < 1.29 is 4.21 Å². The summed E-state index contributed by atoms with van der Waals surface area (Å²) in [5.41, 5.74) is 0. The molecule has 0 aliphatic rings. The second kappa shape index (κ2) is 7.45. The monoisotopic (exact) mass is 349 g/mol. The minimum atomic E-state index is -1.18. The number of hydrogen-bond donors (Lipinski definition) is 1. The number of nitrogens with one attached hydrogen (secondary N) is 1.